The summed E-state index contributed by atoms with van der Waals surface area (Å²) in [6.07, 6.45) is 0. The van der Waals surface area contributed by atoms with Crippen molar-refractivity contribution in [3.8, 4) is 0 Å². The summed E-state index contributed by atoms with van der Waals surface area (Å²) in [7, 11) is 2.36. The summed E-state index contributed by atoms with van der Waals surface area (Å²) in [5, 5.41) is 8.32. The Labute approximate surface area is 45.7 Å². The summed E-state index contributed by atoms with van der Waals surface area (Å²) in [6.45, 7) is 1.37. The van der Waals surface area contributed by atoms with Crippen LogP contribution in [0.5, 0.6) is 0 Å². The average molecular weight is 122 g/mol. The van der Waals surface area contributed by atoms with E-state index >= 15 is 0 Å². The maximum atomic E-state index is 8.32. The number of hydrogen-bond acceptors (Lipinski definition) is 3. The van der Waals surface area contributed by atoms with Crippen LogP contribution in [0.25, 0.3) is 0 Å². The van der Waals surface area contributed by atoms with Crippen LogP contribution in [0.1, 0.15) is 0 Å². The lowest BCUT2D eigenvalue weighted by molar-refractivity contribution is 0.192. The second-order valence-electron chi connectivity index (χ2n) is 1.24. The summed E-state index contributed by atoms with van der Waals surface area (Å²) >= 11 is 0. The molecule has 1 unspecified atom stereocenters. The number of nitrogens with two attached hydrogens (primary N) is 1. The van der Waals surface area contributed by atoms with Crippen LogP contribution in [0.15, 0.2) is 0 Å². The monoisotopic (exact) mass is 122 g/mol. The van der Waals surface area contributed by atoms with Gasteiger partial charge in [-0.15, -0.1) is 0 Å². The van der Waals surface area contributed by atoms with Crippen molar-refractivity contribution in [3.05, 3.63) is 0 Å². The summed E-state index contributed by atoms with van der Waals surface area (Å²) in [4.78, 5) is 0. The minimum atomic E-state index is 0.0574. The molecular weight excluding hydrogens is 111 g/mol. The third-order valence-electron chi connectivity index (χ3n) is 0.598. The summed E-state index contributed by atoms with van der Waals surface area (Å²) < 4.78 is 1.65. The Morgan fingerprint density at radius 1 is 1.71 bits per heavy atom. The first-order valence-electron chi connectivity index (χ1n) is 2.12. The molecule has 3 N–H and O–H groups in total. The van der Waals surface area contributed by atoms with Crippen LogP contribution in [0, 0.1) is 0 Å². The molecule has 0 fully saturated rings. The van der Waals surface area contributed by atoms with Crippen LogP contribution in [-0.4, -0.2) is 29.6 Å². The molecule has 0 spiro atoms. The minimum absolute atomic E-state index is 0.0574. The van der Waals surface area contributed by atoms with Crippen molar-refractivity contribution in [2.75, 3.05) is 19.8 Å². The van der Waals surface area contributed by atoms with E-state index in [-0.39, 0.29) is 6.73 Å². The molecule has 0 bridgehead atoms. The number of nitrogens with zero attached hydrogens (tertiary/aromatic N) is 1. The Bertz CT molecular complexity index is 43.9. The molecule has 0 aliphatic carbocycles. The van der Waals surface area contributed by atoms with Gasteiger partial charge in [-0.25, -0.2) is 0 Å². The average Bonchev–Trinajstić information content (AvgIpc) is 1.68. The van der Waals surface area contributed by atoms with Crippen molar-refractivity contribution in [2.24, 2.45) is 5.73 Å². The molecule has 0 radical (unpaired) electrons. The molecule has 1 atom stereocenters. The molecule has 0 saturated carbocycles. The molecule has 0 saturated heterocycles. The molecule has 0 amide bonds. The van der Waals surface area contributed by atoms with E-state index in [1.807, 2.05) is 0 Å². The zero-order valence-corrected chi connectivity index (χ0v) is 5.33. The predicted molar refractivity (Wildman–Crippen MR) is 32.6 cm³/mol. The van der Waals surface area contributed by atoms with Crippen LogP contribution in [0.4, 0.5) is 0 Å². The summed E-state index contributed by atoms with van der Waals surface area (Å²) in [5.74, 6) is 0. The number of aliphatic hydroxyl groups excluding tert-OH is 1. The first-order chi connectivity index (χ1) is 3.31. The third-order valence-corrected chi connectivity index (χ3v) is 1.02. The van der Waals surface area contributed by atoms with Gasteiger partial charge in [-0.05, 0) is 0 Å². The number of rotatable bonds is 3. The standard InChI is InChI=1S/C3H11N2OP/c4-1-2-5(7)3-6/h6H,1-4,7H2. The van der Waals surface area contributed by atoms with Crippen LogP contribution < -0.4 is 5.73 Å². The highest BCUT2D eigenvalue weighted by molar-refractivity contribution is 7.13. The first kappa shape index (κ1) is 7.31. The summed E-state index contributed by atoms with van der Waals surface area (Å²) in [6, 6.07) is 0. The third kappa shape index (κ3) is 4.16. The van der Waals surface area contributed by atoms with Crippen molar-refractivity contribution in [1.82, 2.24) is 4.67 Å². The van der Waals surface area contributed by atoms with Crippen LogP contribution >= 0.6 is 9.39 Å². The Hall–Kier alpha value is 0.310. The summed E-state index contributed by atoms with van der Waals surface area (Å²) in [5.41, 5.74) is 5.14. The fraction of sp³-hybridized carbons (Fsp3) is 1.00. The van der Waals surface area contributed by atoms with Gasteiger partial charge < -0.3 is 10.8 Å². The second kappa shape index (κ2) is 4.47. The van der Waals surface area contributed by atoms with E-state index in [0.717, 1.165) is 6.54 Å². The molecule has 0 aromatic carbocycles. The Balaban J connectivity index is 2.83. The molecule has 0 aliphatic heterocycles. The topological polar surface area (TPSA) is 49.5 Å². The maximum Gasteiger partial charge on any atom is 0.0985 e. The van der Waals surface area contributed by atoms with Gasteiger partial charge in [0, 0.05) is 13.1 Å². The Morgan fingerprint density at radius 2 is 2.29 bits per heavy atom. The second-order valence-corrected chi connectivity index (χ2v) is 1.97. The zero-order valence-electron chi connectivity index (χ0n) is 4.17. The van der Waals surface area contributed by atoms with Crippen LogP contribution in [0.3, 0.4) is 0 Å². The van der Waals surface area contributed by atoms with Crippen molar-refractivity contribution in [3.63, 3.8) is 0 Å². The van der Waals surface area contributed by atoms with Gasteiger partial charge in [0.15, 0.2) is 0 Å². The highest BCUT2D eigenvalue weighted by atomic mass is 31.0. The van der Waals surface area contributed by atoms with Gasteiger partial charge in [0.05, 0.1) is 6.73 Å². The van der Waals surface area contributed by atoms with Crippen LogP contribution in [-0.2, 0) is 0 Å². The molecular formula is C3H11N2OP. The normalized spacial score (nSPS) is 10.3. The maximum absolute atomic E-state index is 8.32. The SMILES string of the molecule is NCCN(P)CO. The molecule has 0 rings (SSSR count). The molecule has 44 valence electrons. The van der Waals surface area contributed by atoms with Gasteiger partial charge in [0.25, 0.3) is 0 Å². The van der Waals surface area contributed by atoms with E-state index in [9.17, 15) is 0 Å². The fourth-order valence-electron chi connectivity index (χ4n) is 0.237. The van der Waals surface area contributed by atoms with E-state index in [1.54, 1.807) is 4.67 Å². The van der Waals surface area contributed by atoms with Gasteiger partial charge in [-0.2, -0.15) is 0 Å². The fourth-order valence-corrected chi connectivity index (χ4v) is 0.386. The molecule has 4 heteroatoms. The highest BCUT2D eigenvalue weighted by Crippen LogP contribution is 1.90. The smallest absolute Gasteiger partial charge is 0.0985 e. The van der Waals surface area contributed by atoms with E-state index in [4.69, 9.17) is 10.8 Å². The molecule has 3 nitrogen and oxygen atoms in total. The van der Waals surface area contributed by atoms with E-state index in [0.29, 0.717) is 6.54 Å². The molecule has 0 aliphatic rings. The Morgan fingerprint density at radius 3 is 2.43 bits per heavy atom. The minimum Gasteiger partial charge on any atom is -0.381 e. The van der Waals surface area contributed by atoms with Crippen molar-refractivity contribution in [2.45, 2.75) is 0 Å². The predicted octanol–water partition coefficient (Wildman–Crippen LogP) is -1.01. The lowest BCUT2D eigenvalue weighted by atomic mass is 10.7. The quantitative estimate of drug-likeness (QED) is 0.372. The first-order valence-corrected chi connectivity index (χ1v) is 2.63. The van der Waals surface area contributed by atoms with Gasteiger partial charge in [-0.3, -0.25) is 4.67 Å². The van der Waals surface area contributed by atoms with E-state index in [2.05, 4.69) is 9.39 Å². The number of aliphatic hydroxyl groups is 1. The Kier molecular flexibility index (Phi) is 4.67. The van der Waals surface area contributed by atoms with Crippen LogP contribution in [0.2, 0.25) is 0 Å². The zero-order chi connectivity index (χ0) is 5.70. The van der Waals surface area contributed by atoms with Crippen molar-refractivity contribution >= 4 is 9.39 Å². The largest absolute Gasteiger partial charge is 0.381 e. The highest BCUT2D eigenvalue weighted by Gasteiger charge is 1.88. The molecule has 7 heavy (non-hydrogen) atoms. The van der Waals surface area contributed by atoms with E-state index < -0.39 is 0 Å². The van der Waals surface area contributed by atoms with Gasteiger partial charge in [-0.1, -0.05) is 9.39 Å². The lowest BCUT2D eigenvalue weighted by Crippen LogP contribution is -2.20. The molecule has 0 aromatic heterocycles. The van der Waals surface area contributed by atoms with Gasteiger partial charge in [0.1, 0.15) is 0 Å². The van der Waals surface area contributed by atoms with E-state index in [1.165, 1.54) is 0 Å². The van der Waals surface area contributed by atoms with Gasteiger partial charge in [0.2, 0.25) is 0 Å². The molecule has 0 heterocycles. The lowest BCUT2D eigenvalue weighted by Gasteiger charge is -2.08. The van der Waals surface area contributed by atoms with Crippen molar-refractivity contribution < 1.29 is 5.11 Å². The number of hydrogen-bond donors (Lipinski definition) is 2. The van der Waals surface area contributed by atoms with Gasteiger partial charge >= 0.3 is 0 Å². The molecule has 0 aromatic rings. The van der Waals surface area contributed by atoms with Crippen molar-refractivity contribution in [1.29, 1.82) is 0 Å².